The van der Waals surface area contributed by atoms with E-state index >= 15 is 0 Å². The Morgan fingerprint density at radius 2 is 1.88 bits per heavy atom. The summed E-state index contributed by atoms with van der Waals surface area (Å²) >= 11 is 4.27. The van der Waals surface area contributed by atoms with E-state index in [9.17, 15) is 9.59 Å². The van der Waals surface area contributed by atoms with Crippen LogP contribution in [0, 0.1) is 0 Å². The first-order valence-corrected chi connectivity index (χ1v) is 9.09. The van der Waals surface area contributed by atoms with Gasteiger partial charge in [0.05, 0.1) is 12.1 Å². The third-order valence-electron chi connectivity index (χ3n) is 4.01. The standard InChI is InChI=1S/C19H27N3O2S/c1-12(23)16(21-18(24)17(11-25)22-19(2,3)4)9-13-10-20-15-8-6-5-7-14(13)15/h5-8,10,16-17,20,22,25H,9,11H2,1-4H3,(H,21,24). The van der Waals surface area contributed by atoms with Crippen molar-refractivity contribution >= 4 is 35.2 Å². The first-order chi connectivity index (χ1) is 11.7. The van der Waals surface area contributed by atoms with Gasteiger partial charge >= 0.3 is 0 Å². The summed E-state index contributed by atoms with van der Waals surface area (Å²) in [6, 6.07) is 6.92. The van der Waals surface area contributed by atoms with E-state index in [1.165, 1.54) is 6.92 Å². The fourth-order valence-electron chi connectivity index (χ4n) is 2.81. The molecular weight excluding hydrogens is 334 g/mol. The molecule has 0 aliphatic rings. The fourth-order valence-corrected chi connectivity index (χ4v) is 3.06. The van der Waals surface area contributed by atoms with Gasteiger partial charge in [-0.25, -0.2) is 0 Å². The number of Topliss-reactive ketones (excluding diaryl/α,β-unsaturated/α-hetero) is 1. The lowest BCUT2D eigenvalue weighted by atomic mass is 10.0. The molecule has 0 radical (unpaired) electrons. The van der Waals surface area contributed by atoms with Gasteiger partial charge in [0.25, 0.3) is 0 Å². The summed E-state index contributed by atoms with van der Waals surface area (Å²) in [7, 11) is 0. The number of nitrogens with one attached hydrogen (secondary N) is 3. The molecule has 3 N–H and O–H groups in total. The SMILES string of the molecule is CC(=O)C(Cc1c[nH]c2ccccc12)NC(=O)C(CS)NC(C)(C)C. The Kier molecular flexibility index (Phi) is 6.30. The average Bonchev–Trinajstić information content (AvgIpc) is 2.94. The maximum absolute atomic E-state index is 12.6. The molecule has 1 aromatic heterocycles. The Balaban J connectivity index is 2.13. The summed E-state index contributed by atoms with van der Waals surface area (Å²) in [5.74, 6) is 0.0955. The van der Waals surface area contributed by atoms with Gasteiger partial charge in [0.2, 0.25) is 5.91 Å². The Labute approximate surface area is 154 Å². The van der Waals surface area contributed by atoms with E-state index in [0.717, 1.165) is 16.5 Å². The van der Waals surface area contributed by atoms with Crippen molar-refractivity contribution in [3.63, 3.8) is 0 Å². The number of rotatable bonds is 7. The highest BCUT2D eigenvalue weighted by Crippen LogP contribution is 2.19. The molecule has 2 aromatic rings. The second kappa shape index (κ2) is 8.06. The summed E-state index contributed by atoms with van der Waals surface area (Å²) < 4.78 is 0. The van der Waals surface area contributed by atoms with Crippen LogP contribution in [0.1, 0.15) is 33.3 Å². The van der Waals surface area contributed by atoms with Gasteiger partial charge in [-0.3, -0.25) is 9.59 Å². The van der Waals surface area contributed by atoms with Crippen molar-refractivity contribution in [2.45, 2.75) is 51.7 Å². The highest BCUT2D eigenvalue weighted by Gasteiger charge is 2.26. The number of aromatic nitrogens is 1. The number of hydrogen-bond donors (Lipinski definition) is 4. The number of thiol groups is 1. The summed E-state index contributed by atoms with van der Waals surface area (Å²) in [5, 5.41) is 7.18. The molecule has 5 nitrogen and oxygen atoms in total. The van der Waals surface area contributed by atoms with Crippen molar-refractivity contribution in [1.29, 1.82) is 0 Å². The van der Waals surface area contributed by atoms with Crippen molar-refractivity contribution < 1.29 is 9.59 Å². The molecule has 2 atom stereocenters. The van der Waals surface area contributed by atoms with E-state index in [1.54, 1.807) is 0 Å². The van der Waals surface area contributed by atoms with Gasteiger partial charge in [-0.1, -0.05) is 18.2 Å². The number of aromatic amines is 1. The number of fused-ring (bicyclic) bond motifs is 1. The van der Waals surface area contributed by atoms with Gasteiger partial charge in [0.15, 0.2) is 5.78 Å². The maximum Gasteiger partial charge on any atom is 0.238 e. The second-order valence-corrected chi connectivity index (χ2v) is 7.73. The summed E-state index contributed by atoms with van der Waals surface area (Å²) in [6.07, 6.45) is 2.36. The van der Waals surface area contributed by atoms with E-state index in [1.807, 2.05) is 51.2 Å². The van der Waals surface area contributed by atoms with E-state index in [4.69, 9.17) is 0 Å². The van der Waals surface area contributed by atoms with Crippen LogP contribution in [0.2, 0.25) is 0 Å². The number of amides is 1. The quantitative estimate of drug-likeness (QED) is 0.573. The van der Waals surface area contributed by atoms with Crippen LogP contribution in [0.4, 0.5) is 0 Å². The van der Waals surface area contributed by atoms with Crippen LogP contribution in [0.3, 0.4) is 0 Å². The molecule has 2 rings (SSSR count). The number of hydrogen-bond acceptors (Lipinski definition) is 4. The Bertz CT molecular complexity index is 748. The number of para-hydroxylation sites is 1. The zero-order valence-electron chi connectivity index (χ0n) is 15.2. The van der Waals surface area contributed by atoms with Crippen LogP contribution >= 0.6 is 12.6 Å². The molecule has 25 heavy (non-hydrogen) atoms. The molecule has 0 fully saturated rings. The molecule has 0 aliphatic carbocycles. The predicted octanol–water partition coefficient (Wildman–Crippen LogP) is 2.47. The molecule has 2 unspecified atom stereocenters. The lowest BCUT2D eigenvalue weighted by Gasteiger charge is -2.28. The normalized spacial score (nSPS) is 14.3. The Morgan fingerprint density at radius 3 is 2.48 bits per heavy atom. The van der Waals surface area contributed by atoms with Crippen LogP contribution in [-0.2, 0) is 16.0 Å². The zero-order chi connectivity index (χ0) is 18.6. The second-order valence-electron chi connectivity index (χ2n) is 7.36. The van der Waals surface area contributed by atoms with Gasteiger partial charge in [-0.2, -0.15) is 12.6 Å². The number of benzene rings is 1. The molecule has 1 amide bonds. The van der Waals surface area contributed by atoms with Crippen molar-refractivity contribution in [1.82, 2.24) is 15.6 Å². The van der Waals surface area contributed by atoms with E-state index < -0.39 is 12.1 Å². The van der Waals surface area contributed by atoms with Gasteiger partial charge in [0, 0.05) is 34.8 Å². The zero-order valence-corrected chi connectivity index (χ0v) is 16.1. The summed E-state index contributed by atoms with van der Waals surface area (Å²) in [5.41, 5.74) is 1.82. The van der Waals surface area contributed by atoms with Crippen molar-refractivity contribution in [2.24, 2.45) is 0 Å². The van der Waals surface area contributed by atoms with Gasteiger partial charge < -0.3 is 15.6 Å². The number of carbonyl (C=O) groups excluding carboxylic acids is 2. The maximum atomic E-state index is 12.6. The fraction of sp³-hybridized carbons (Fsp3) is 0.474. The molecule has 1 heterocycles. The van der Waals surface area contributed by atoms with Gasteiger partial charge in [-0.05, 0) is 39.3 Å². The van der Waals surface area contributed by atoms with E-state index in [0.29, 0.717) is 12.2 Å². The summed E-state index contributed by atoms with van der Waals surface area (Å²) in [6.45, 7) is 7.48. The van der Waals surface area contributed by atoms with Gasteiger partial charge in [0.1, 0.15) is 0 Å². The van der Waals surface area contributed by atoms with Crippen molar-refractivity contribution in [2.75, 3.05) is 5.75 Å². The number of carbonyl (C=O) groups is 2. The molecule has 0 spiro atoms. The van der Waals surface area contributed by atoms with Crippen LogP contribution < -0.4 is 10.6 Å². The molecule has 0 saturated carbocycles. The Morgan fingerprint density at radius 1 is 1.20 bits per heavy atom. The number of ketones is 1. The highest BCUT2D eigenvalue weighted by atomic mass is 32.1. The molecule has 0 saturated heterocycles. The van der Waals surface area contributed by atoms with E-state index in [2.05, 4.69) is 28.2 Å². The Hall–Kier alpha value is -1.79. The van der Waals surface area contributed by atoms with E-state index in [-0.39, 0.29) is 17.2 Å². The smallest absolute Gasteiger partial charge is 0.238 e. The third-order valence-corrected chi connectivity index (χ3v) is 4.38. The molecule has 6 heteroatoms. The van der Waals surface area contributed by atoms with Gasteiger partial charge in [-0.15, -0.1) is 0 Å². The minimum absolute atomic E-state index is 0.0627. The lowest BCUT2D eigenvalue weighted by Crippen LogP contribution is -2.55. The molecule has 1 aromatic carbocycles. The van der Waals surface area contributed by atoms with Crippen LogP contribution in [0.5, 0.6) is 0 Å². The molecule has 0 aliphatic heterocycles. The largest absolute Gasteiger partial charge is 0.361 e. The topological polar surface area (TPSA) is 74.0 Å². The first kappa shape index (κ1) is 19.5. The minimum Gasteiger partial charge on any atom is -0.361 e. The monoisotopic (exact) mass is 361 g/mol. The third kappa shape index (κ3) is 5.34. The van der Waals surface area contributed by atoms with Crippen LogP contribution in [0.15, 0.2) is 30.5 Å². The van der Waals surface area contributed by atoms with Crippen LogP contribution in [0.25, 0.3) is 10.9 Å². The minimum atomic E-state index is -0.559. The van der Waals surface area contributed by atoms with Crippen molar-refractivity contribution in [3.05, 3.63) is 36.0 Å². The lowest BCUT2D eigenvalue weighted by molar-refractivity contribution is -0.128. The highest BCUT2D eigenvalue weighted by molar-refractivity contribution is 7.80. The average molecular weight is 362 g/mol. The van der Waals surface area contributed by atoms with Crippen molar-refractivity contribution in [3.8, 4) is 0 Å². The molecular formula is C19H27N3O2S. The first-order valence-electron chi connectivity index (χ1n) is 8.45. The van der Waals surface area contributed by atoms with Crippen LogP contribution in [-0.4, -0.2) is 40.0 Å². The molecule has 136 valence electrons. The number of H-pyrrole nitrogens is 1. The predicted molar refractivity (Wildman–Crippen MR) is 105 cm³/mol. The molecule has 0 bridgehead atoms. The summed E-state index contributed by atoms with van der Waals surface area (Å²) in [4.78, 5) is 27.9.